The first-order valence-electron chi connectivity index (χ1n) is 5.60. The highest BCUT2D eigenvalue weighted by Crippen LogP contribution is 2.11. The summed E-state index contributed by atoms with van der Waals surface area (Å²) < 4.78 is 5.35. The number of benzene rings is 1. The SMILES string of the molecule is Cc1ccc(OCC(=O)N(C)CC(C)O)cc1. The van der Waals surface area contributed by atoms with E-state index < -0.39 is 6.10 Å². The van der Waals surface area contributed by atoms with Crippen LogP contribution < -0.4 is 4.74 Å². The van der Waals surface area contributed by atoms with E-state index in [2.05, 4.69) is 0 Å². The van der Waals surface area contributed by atoms with E-state index in [9.17, 15) is 4.79 Å². The lowest BCUT2D eigenvalue weighted by atomic mass is 10.2. The van der Waals surface area contributed by atoms with Crippen molar-refractivity contribution >= 4 is 5.91 Å². The highest BCUT2D eigenvalue weighted by atomic mass is 16.5. The Balaban J connectivity index is 2.40. The number of aliphatic hydroxyl groups is 1. The van der Waals surface area contributed by atoms with Gasteiger partial charge in [0, 0.05) is 13.6 Å². The molecule has 0 saturated carbocycles. The third-order valence-corrected chi connectivity index (χ3v) is 2.35. The lowest BCUT2D eigenvalue weighted by molar-refractivity contribution is -0.133. The van der Waals surface area contributed by atoms with Crippen LogP contribution in [0.1, 0.15) is 12.5 Å². The average molecular weight is 237 g/mol. The molecule has 0 aliphatic rings. The molecule has 0 aliphatic carbocycles. The number of rotatable bonds is 5. The Bertz CT molecular complexity index is 359. The zero-order valence-electron chi connectivity index (χ0n) is 10.5. The molecule has 1 rings (SSSR count). The molecule has 0 bridgehead atoms. The summed E-state index contributed by atoms with van der Waals surface area (Å²) in [7, 11) is 1.65. The van der Waals surface area contributed by atoms with Crippen LogP contribution in [-0.2, 0) is 4.79 Å². The Morgan fingerprint density at radius 1 is 1.41 bits per heavy atom. The predicted octanol–water partition coefficient (Wildman–Crippen LogP) is 1.21. The molecule has 0 aliphatic heterocycles. The molecule has 1 aromatic rings. The highest BCUT2D eigenvalue weighted by Gasteiger charge is 2.11. The highest BCUT2D eigenvalue weighted by molar-refractivity contribution is 5.77. The van der Waals surface area contributed by atoms with Gasteiger partial charge in [0.05, 0.1) is 6.10 Å². The van der Waals surface area contributed by atoms with E-state index >= 15 is 0 Å². The Labute approximate surface area is 102 Å². The molecule has 1 unspecified atom stereocenters. The number of carbonyl (C=O) groups is 1. The molecule has 0 spiro atoms. The number of likely N-dealkylation sites (N-methyl/N-ethyl adjacent to an activating group) is 1. The largest absolute Gasteiger partial charge is 0.484 e. The molecule has 1 aromatic carbocycles. The van der Waals surface area contributed by atoms with Gasteiger partial charge in [-0.15, -0.1) is 0 Å². The van der Waals surface area contributed by atoms with Gasteiger partial charge in [-0.1, -0.05) is 17.7 Å². The minimum Gasteiger partial charge on any atom is -0.484 e. The van der Waals surface area contributed by atoms with Crippen molar-refractivity contribution in [3.05, 3.63) is 29.8 Å². The molecule has 0 radical (unpaired) electrons. The standard InChI is InChI=1S/C13H19NO3/c1-10-4-6-12(7-5-10)17-9-13(16)14(3)8-11(2)15/h4-7,11,15H,8-9H2,1-3H3. The zero-order chi connectivity index (χ0) is 12.8. The van der Waals surface area contributed by atoms with Gasteiger partial charge in [-0.05, 0) is 26.0 Å². The van der Waals surface area contributed by atoms with Gasteiger partial charge in [-0.2, -0.15) is 0 Å². The van der Waals surface area contributed by atoms with Crippen molar-refractivity contribution in [3.63, 3.8) is 0 Å². The fourth-order valence-corrected chi connectivity index (χ4v) is 1.39. The summed E-state index contributed by atoms with van der Waals surface area (Å²) in [6, 6.07) is 7.52. The molecule has 1 N–H and O–H groups in total. The van der Waals surface area contributed by atoms with E-state index in [0.29, 0.717) is 12.3 Å². The van der Waals surface area contributed by atoms with E-state index in [1.54, 1.807) is 14.0 Å². The van der Waals surface area contributed by atoms with Gasteiger partial charge in [0.25, 0.3) is 5.91 Å². The van der Waals surface area contributed by atoms with Crippen LogP contribution in [0.5, 0.6) is 5.75 Å². The van der Waals surface area contributed by atoms with Crippen molar-refractivity contribution in [2.45, 2.75) is 20.0 Å². The van der Waals surface area contributed by atoms with E-state index in [1.165, 1.54) is 4.90 Å². The van der Waals surface area contributed by atoms with Crippen molar-refractivity contribution < 1.29 is 14.6 Å². The van der Waals surface area contributed by atoms with Crippen LogP contribution in [0.25, 0.3) is 0 Å². The van der Waals surface area contributed by atoms with Gasteiger partial charge in [0.1, 0.15) is 5.75 Å². The number of nitrogens with zero attached hydrogens (tertiary/aromatic N) is 1. The summed E-state index contributed by atoms with van der Waals surface area (Å²) in [4.78, 5) is 13.1. The number of carbonyl (C=O) groups excluding carboxylic acids is 1. The third kappa shape index (κ3) is 4.87. The van der Waals surface area contributed by atoms with Gasteiger partial charge in [-0.3, -0.25) is 4.79 Å². The van der Waals surface area contributed by atoms with Crippen molar-refractivity contribution in [2.75, 3.05) is 20.2 Å². The minimum absolute atomic E-state index is 0.00766. The van der Waals surface area contributed by atoms with Crippen molar-refractivity contribution in [1.82, 2.24) is 4.90 Å². The summed E-state index contributed by atoms with van der Waals surface area (Å²) in [5, 5.41) is 9.15. The van der Waals surface area contributed by atoms with Crippen molar-refractivity contribution in [3.8, 4) is 5.75 Å². The molecule has 94 valence electrons. The van der Waals surface area contributed by atoms with E-state index in [-0.39, 0.29) is 12.5 Å². The second-order valence-corrected chi connectivity index (χ2v) is 4.23. The Morgan fingerprint density at radius 2 is 2.00 bits per heavy atom. The topological polar surface area (TPSA) is 49.8 Å². The van der Waals surface area contributed by atoms with Crippen LogP contribution in [0.4, 0.5) is 0 Å². The number of hydrogen-bond acceptors (Lipinski definition) is 3. The molecule has 0 fully saturated rings. The Kier molecular flexibility index (Phi) is 4.97. The molecular weight excluding hydrogens is 218 g/mol. The average Bonchev–Trinajstić information content (AvgIpc) is 2.27. The monoisotopic (exact) mass is 237 g/mol. The fraction of sp³-hybridized carbons (Fsp3) is 0.462. The van der Waals surface area contributed by atoms with Gasteiger partial charge >= 0.3 is 0 Å². The predicted molar refractivity (Wildman–Crippen MR) is 66.0 cm³/mol. The second-order valence-electron chi connectivity index (χ2n) is 4.23. The van der Waals surface area contributed by atoms with Crippen molar-refractivity contribution in [1.29, 1.82) is 0 Å². The maximum absolute atomic E-state index is 11.6. The molecule has 0 heterocycles. The molecule has 4 nitrogen and oxygen atoms in total. The summed E-state index contributed by atoms with van der Waals surface area (Å²) in [5.74, 6) is 0.529. The summed E-state index contributed by atoms with van der Waals surface area (Å²) in [5.41, 5.74) is 1.15. The Morgan fingerprint density at radius 3 is 2.53 bits per heavy atom. The van der Waals surface area contributed by atoms with E-state index in [4.69, 9.17) is 9.84 Å². The minimum atomic E-state index is -0.525. The quantitative estimate of drug-likeness (QED) is 0.837. The maximum Gasteiger partial charge on any atom is 0.260 e. The normalized spacial score (nSPS) is 12.0. The van der Waals surface area contributed by atoms with E-state index in [1.807, 2.05) is 31.2 Å². The van der Waals surface area contributed by atoms with Crippen LogP contribution in [-0.4, -0.2) is 42.2 Å². The number of amides is 1. The van der Waals surface area contributed by atoms with Gasteiger partial charge in [-0.25, -0.2) is 0 Å². The zero-order valence-corrected chi connectivity index (χ0v) is 10.5. The van der Waals surface area contributed by atoms with E-state index in [0.717, 1.165) is 5.56 Å². The number of aryl methyl sites for hydroxylation is 1. The number of aliphatic hydroxyl groups excluding tert-OH is 1. The van der Waals surface area contributed by atoms with Crippen molar-refractivity contribution in [2.24, 2.45) is 0 Å². The van der Waals surface area contributed by atoms with Gasteiger partial charge in [0.2, 0.25) is 0 Å². The molecule has 1 amide bonds. The van der Waals surface area contributed by atoms with Gasteiger partial charge in [0.15, 0.2) is 6.61 Å². The number of ether oxygens (including phenoxy) is 1. The lowest BCUT2D eigenvalue weighted by Gasteiger charge is -2.18. The smallest absolute Gasteiger partial charge is 0.260 e. The first-order valence-corrected chi connectivity index (χ1v) is 5.60. The maximum atomic E-state index is 11.6. The first-order chi connectivity index (χ1) is 7.99. The first kappa shape index (κ1) is 13.5. The Hall–Kier alpha value is -1.55. The van der Waals surface area contributed by atoms with Crippen LogP contribution in [0.3, 0.4) is 0 Å². The third-order valence-electron chi connectivity index (χ3n) is 2.35. The van der Waals surface area contributed by atoms with Crippen LogP contribution in [0, 0.1) is 6.92 Å². The lowest BCUT2D eigenvalue weighted by Crippen LogP contribution is -2.36. The molecule has 0 aromatic heterocycles. The van der Waals surface area contributed by atoms with Crippen LogP contribution in [0.2, 0.25) is 0 Å². The molecule has 0 saturated heterocycles. The fourth-order valence-electron chi connectivity index (χ4n) is 1.39. The summed E-state index contributed by atoms with van der Waals surface area (Å²) >= 11 is 0. The molecule has 1 atom stereocenters. The van der Waals surface area contributed by atoms with Crippen LogP contribution >= 0.6 is 0 Å². The van der Waals surface area contributed by atoms with Gasteiger partial charge < -0.3 is 14.7 Å². The molecule has 4 heteroatoms. The number of hydrogen-bond donors (Lipinski definition) is 1. The summed E-state index contributed by atoms with van der Waals surface area (Å²) in [6.45, 7) is 3.94. The summed E-state index contributed by atoms with van der Waals surface area (Å²) in [6.07, 6.45) is -0.525. The van der Waals surface area contributed by atoms with Crippen LogP contribution in [0.15, 0.2) is 24.3 Å². The molecular formula is C13H19NO3. The second kappa shape index (κ2) is 6.25. The molecule has 17 heavy (non-hydrogen) atoms.